The molecule has 24 heavy (non-hydrogen) atoms. The summed E-state index contributed by atoms with van der Waals surface area (Å²) in [4.78, 5) is 31.1. The molecule has 0 aromatic carbocycles. The first kappa shape index (κ1) is 14.9. The molecule has 1 aliphatic rings. The maximum atomic E-state index is 11.9. The van der Waals surface area contributed by atoms with Gasteiger partial charge >= 0.3 is 0 Å². The van der Waals surface area contributed by atoms with Gasteiger partial charge in [-0.2, -0.15) is 0 Å². The van der Waals surface area contributed by atoms with Crippen LogP contribution in [-0.4, -0.2) is 24.9 Å². The van der Waals surface area contributed by atoms with Crippen molar-refractivity contribution in [3.8, 4) is 0 Å². The zero-order valence-corrected chi connectivity index (χ0v) is 13.6. The number of H-pyrrole nitrogens is 2. The molecule has 1 fully saturated rings. The van der Waals surface area contributed by atoms with Gasteiger partial charge in [-0.3, -0.25) is 4.79 Å². The molecule has 0 atom stereocenters. The molecule has 0 amide bonds. The maximum Gasteiger partial charge on any atom is 0.251 e. The van der Waals surface area contributed by atoms with Crippen molar-refractivity contribution >= 4 is 16.9 Å². The molecule has 1 aliphatic carbocycles. The summed E-state index contributed by atoms with van der Waals surface area (Å²) in [6.45, 7) is 2.56. The summed E-state index contributed by atoms with van der Waals surface area (Å²) >= 11 is 0. The molecule has 3 N–H and O–H groups in total. The fourth-order valence-electron chi connectivity index (χ4n) is 3.11. The summed E-state index contributed by atoms with van der Waals surface area (Å²) < 4.78 is 0. The first-order chi connectivity index (χ1) is 11.7. The fraction of sp³-hybridized carbons (Fsp3) is 0.412. The van der Waals surface area contributed by atoms with E-state index in [0.717, 1.165) is 47.6 Å². The lowest BCUT2D eigenvalue weighted by molar-refractivity contribution is 0.399. The number of rotatable bonds is 5. The van der Waals surface area contributed by atoms with Crippen LogP contribution in [0.4, 0.5) is 5.82 Å². The van der Waals surface area contributed by atoms with Gasteiger partial charge in [0, 0.05) is 18.2 Å². The van der Waals surface area contributed by atoms with Gasteiger partial charge in [0.05, 0.1) is 17.6 Å². The zero-order valence-electron chi connectivity index (χ0n) is 13.6. The van der Waals surface area contributed by atoms with Crippen molar-refractivity contribution in [1.82, 2.24) is 24.9 Å². The largest absolute Gasteiger partial charge is 0.364 e. The number of hydrogen-bond acceptors (Lipinski definition) is 5. The minimum atomic E-state index is -0.0903. The molecule has 0 aliphatic heterocycles. The van der Waals surface area contributed by atoms with Gasteiger partial charge in [0.2, 0.25) is 0 Å². The van der Waals surface area contributed by atoms with Crippen LogP contribution in [0.25, 0.3) is 11.0 Å². The lowest BCUT2D eigenvalue weighted by Gasteiger charge is -2.24. The zero-order chi connectivity index (χ0) is 16.5. The summed E-state index contributed by atoms with van der Waals surface area (Å²) in [5.41, 5.74) is 2.63. The van der Waals surface area contributed by atoms with Crippen molar-refractivity contribution < 1.29 is 0 Å². The lowest BCUT2D eigenvalue weighted by atomic mass is 9.85. The summed E-state index contributed by atoms with van der Waals surface area (Å²) in [5, 5.41) is 4.31. The summed E-state index contributed by atoms with van der Waals surface area (Å²) in [6, 6.07) is 1.55. The van der Waals surface area contributed by atoms with E-state index >= 15 is 0 Å². The second-order valence-electron chi connectivity index (χ2n) is 6.22. The van der Waals surface area contributed by atoms with Crippen LogP contribution in [0.1, 0.15) is 49.2 Å². The molecular formula is C17H20N6O. The Balaban J connectivity index is 1.60. The molecule has 3 aromatic rings. The molecule has 3 aromatic heterocycles. The standard InChI is InChI=1S/C17H20N6O/c1-2-10-7-18-16-14(10)17(21-9-20-16)19-8-12-6-13(24)23-15(22-12)11-4-3-5-11/h6-7,9,11H,2-5,8H2,1H3,(H,22,23,24)(H2,18,19,20,21). The Labute approximate surface area is 139 Å². The normalized spacial score (nSPS) is 14.7. The van der Waals surface area contributed by atoms with Crippen molar-refractivity contribution in [2.45, 2.75) is 45.1 Å². The van der Waals surface area contributed by atoms with Crippen LogP contribution < -0.4 is 10.9 Å². The predicted molar refractivity (Wildman–Crippen MR) is 92.0 cm³/mol. The highest BCUT2D eigenvalue weighted by atomic mass is 16.1. The molecule has 0 bridgehead atoms. The van der Waals surface area contributed by atoms with Gasteiger partial charge in [-0.05, 0) is 24.8 Å². The highest BCUT2D eigenvalue weighted by Crippen LogP contribution is 2.33. The van der Waals surface area contributed by atoms with E-state index < -0.39 is 0 Å². The molecular weight excluding hydrogens is 304 g/mol. The van der Waals surface area contributed by atoms with Crippen LogP contribution in [0.2, 0.25) is 0 Å². The molecule has 7 heteroatoms. The summed E-state index contributed by atoms with van der Waals surface area (Å²) in [7, 11) is 0. The van der Waals surface area contributed by atoms with Crippen LogP contribution >= 0.6 is 0 Å². The lowest BCUT2D eigenvalue weighted by Crippen LogP contribution is -2.20. The van der Waals surface area contributed by atoms with E-state index in [0.29, 0.717) is 12.5 Å². The van der Waals surface area contributed by atoms with Crippen LogP contribution in [-0.2, 0) is 13.0 Å². The Morgan fingerprint density at radius 2 is 2.21 bits per heavy atom. The molecule has 4 rings (SSSR count). The Morgan fingerprint density at radius 1 is 1.33 bits per heavy atom. The van der Waals surface area contributed by atoms with Gasteiger partial charge in [0.1, 0.15) is 23.6 Å². The van der Waals surface area contributed by atoms with Crippen LogP contribution in [0, 0.1) is 0 Å². The third-order valence-electron chi connectivity index (χ3n) is 4.67. The van der Waals surface area contributed by atoms with E-state index in [1.165, 1.54) is 18.3 Å². The molecule has 0 unspecified atom stereocenters. The Morgan fingerprint density at radius 3 is 2.96 bits per heavy atom. The molecule has 7 nitrogen and oxygen atoms in total. The van der Waals surface area contributed by atoms with Crippen LogP contribution in [0.5, 0.6) is 0 Å². The number of nitrogens with one attached hydrogen (secondary N) is 3. The third kappa shape index (κ3) is 2.66. The molecule has 0 radical (unpaired) electrons. The summed E-state index contributed by atoms with van der Waals surface area (Å²) in [6.07, 6.45) is 7.82. The average Bonchev–Trinajstić information content (AvgIpc) is 2.94. The van der Waals surface area contributed by atoms with Crippen molar-refractivity contribution in [3.63, 3.8) is 0 Å². The number of aromatic amines is 2. The number of fused-ring (bicyclic) bond motifs is 1. The molecule has 0 spiro atoms. The number of anilines is 1. The minimum Gasteiger partial charge on any atom is -0.364 e. The molecule has 1 saturated carbocycles. The van der Waals surface area contributed by atoms with E-state index in [9.17, 15) is 4.79 Å². The van der Waals surface area contributed by atoms with E-state index in [4.69, 9.17) is 0 Å². The second kappa shape index (κ2) is 6.07. The first-order valence-electron chi connectivity index (χ1n) is 8.39. The maximum absolute atomic E-state index is 11.9. The Bertz CT molecular complexity index is 924. The number of nitrogens with zero attached hydrogens (tertiary/aromatic N) is 3. The molecule has 124 valence electrons. The van der Waals surface area contributed by atoms with Crippen molar-refractivity contribution in [2.75, 3.05) is 5.32 Å². The SMILES string of the molecule is CCc1c[nH]c2ncnc(NCc3cc(=O)[nH]c(C4CCC4)n3)c12. The van der Waals surface area contributed by atoms with Gasteiger partial charge in [0.15, 0.2) is 0 Å². The second-order valence-corrected chi connectivity index (χ2v) is 6.22. The van der Waals surface area contributed by atoms with Crippen molar-refractivity contribution in [3.05, 3.63) is 46.0 Å². The Hall–Kier alpha value is -2.70. The van der Waals surface area contributed by atoms with Crippen LogP contribution in [0.15, 0.2) is 23.4 Å². The monoisotopic (exact) mass is 324 g/mol. The van der Waals surface area contributed by atoms with E-state index in [2.05, 4.69) is 37.2 Å². The van der Waals surface area contributed by atoms with Gasteiger partial charge < -0.3 is 15.3 Å². The topological polar surface area (TPSA) is 99.4 Å². The quantitative estimate of drug-likeness (QED) is 0.669. The van der Waals surface area contributed by atoms with Gasteiger partial charge in [0.25, 0.3) is 5.56 Å². The van der Waals surface area contributed by atoms with Gasteiger partial charge in [-0.15, -0.1) is 0 Å². The highest BCUT2D eigenvalue weighted by molar-refractivity contribution is 5.90. The fourth-order valence-corrected chi connectivity index (χ4v) is 3.11. The predicted octanol–water partition coefficient (Wildman–Crippen LogP) is 2.48. The third-order valence-corrected chi connectivity index (χ3v) is 4.67. The molecule has 3 heterocycles. The number of aromatic nitrogens is 5. The smallest absolute Gasteiger partial charge is 0.251 e. The first-order valence-corrected chi connectivity index (χ1v) is 8.39. The van der Waals surface area contributed by atoms with Gasteiger partial charge in [-0.25, -0.2) is 15.0 Å². The van der Waals surface area contributed by atoms with Crippen LogP contribution in [0.3, 0.4) is 0 Å². The average molecular weight is 324 g/mol. The highest BCUT2D eigenvalue weighted by Gasteiger charge is 2.22. The van der Waals surface area contributed by atoms with E-state index in [-0.39, 0.29) is 5.56 Å². The number of aryl methyl sites for hydroxylation is 1. The Kier molecular flexibility index (Phi) is 3.76. The van der Waals surface area contributed by atoms with Crippen molar-refractivity contribution in [2.24, 2.45) is 0 Å². The van der Waals surface area contributed by atoms with E-state index in [1.807, 2.05) is 6.20 Å². The minimum absolute atomic E-state index is 0.0903. The summed E-state index contributed by atoms with van der Waals surface area (Å²) in [5.74, 6) is 1.99. The van der Waals surface area contributed by atoms with E-state index in [1.54, 1.807) is 6.07 Å². The molecule has 0 saturated heterocycles. The van der Waals surface area contributed by atoms with Gasteiger partial charge in [-0.1, -0.05) is 13.3 Å². The number of hydrogen-bond donors (Lipinski definition) is 3. The van der Waals surface area contributed by atoms with Crippen molar-refractivity contribution in [1.29, 1.82) is 0 Å².